The molecule has 2 rings (SSSR count). The summed E-state index contributed by atoms with van der Waals surface area (Å²) in [6.45, 7) is 3.74. The van der Waals surface area contributed by atoms with E-state index in [-0.39, 0.29) is 29.0 Å². The number of nitrogens with zero attached hydrogens (tertiary/aromatic N) is 2. The molecule has 1 aromatic rings. The SMILES string of the molecule is CCCc1cc(=O)[nH]c(SC(C)C(=O)N(C)C2CCS(=O)(=O)C2)n1. The van der Waals surface area contributed by atoms with Crippen LogP contribution in [0.3, 0.4) is 0 Å². The Kier molecular flexibility index (Phi) is 6.08. The van der Waals surface area contributed by atoms with Gasteiger partial charge in [-0.05, 0) is 19.8 Å². The average Bonchev–Trinajstić information content (AvgIpc) is 2.85. The van der Waals surface area contributed by atoms with Crippen LogP contribution >= 0.6 is 11.8 Å². The van der Waals surface area contributed by atoms with Crippen LogP contribution in [-0.2, 0) is 21.1 Å². The molecule has 1 aromatic heterocycles. The number of carbonyl (C=O) groups excluding carboxylic acids is 1. The van der Waals surface area contributed by atoms with Gasteiger partial charge in [-0.25, -0.2) is 13.4 Å². The fourth-order valence-corrected chi connectivity index (χ4v) is 5.39. The molecule has 134 valence electrons. The highest BCUT2D eigenvalue weighted by Crippen LogP contribution is 2.23. The van der Waals surface area contributed by atoms with Gasteiger partial charge in [0.1, 0.15) is 0 Å². The molecule has 1 amide bonds. The topological polar surface area (TPSA) is 100 Å². The highest BCUT2D eigenvalue weighted by Gasteiger charge is 2.34. The van der Waals surface area contributed by atoms with Gasteiger partial charge in [-0.15, -0.1) is 0 Å². The third-order valence-electron chi connectivity index (χ3n) is 4.02. The smallest absolute Gasteiger partial charge is 0.251 e. The predicted octanol–water partition coefficient (Wildman–Crippen LogP) is 0.849. The van der Waals surface area contributed by atoms with Gasteiger partial charge in [-0.3, -0.25) is 9.59 Å². The second kappa shape index (κ2) is 7.69. The summed E-state index contributed by atoms with van der Waals surface area (Å²) in [6.07, 6.45) is 2.07. The molecular weight excluding hydrogens is 350 g/mol. The maximum absolute atomic E-state index is 12.5. The Morgan fingerprint density at radius 1 is 1.54 bits per heavy atom. The van der Waals surface area contributed by atoms with E-state index in [1.54, 1.807) is 14.0 Å². The summed E-state index contributed by atoms with van der Waals surface area (Å²) in [5.41, 5.74) is 0.476. The molecular formula is C15H23N3O4S2. The molecule has 0 aromatic carbocycles. The Hall–Kier alpha value is -1.35. The van der Waals surface area contributed by atoms with E-state index in [4.69, 9.17) is 0 Å². The van der Waals surface area contributed by atoms with Gasteiger partial charge < -0.3 is 9.88 Å². The number of aromatic amines is 1. The van der Waals surface area contributed by atoms with Crippen LogP contribution in [-0.4, -0.2) is 59.0 Å². The van der Waals surface area contributed by atoms with Crippen LogP contribution in [0.15, 0.2) is 16.0 Å². The first-order valence-electron chi connectivity index (χ1n) is 7.96. The lowest BCUT2D eigenvalue weighted by atomic mass is 10.2. The van der Waals surface area contributed by atoms with Crippen molar-refractivity contribution in [2.24, 2.45) is 0 Å². The summed E-state index contributed by atoms with van der Waals surface area (Å²) in [6, 6.07) is 1.19. The third-order valence-corrected chi connectivity index (χ3v) is 6.74. The molecule has 2 atom stereocenters. The van der Waals surface area contributed by atoms with Gasteiger partial charge in [0, 0.05) is 24.8 Å². The molecule has 0 bridgehead atoms. The van der Waals surface area contributed by atoms with Crippen molar-refractivity contribution in [1.29, 1.82) is 0 Å². The Balaban J connectivity index is 2.05. The number of thioether (sulfide) groups is 1. The highest BCUT2D eigenvalue weighted by atomic mass is 32.2. The summed E-state index contributed by atoms with van der Waals surface area (Å²) in [7, 11) is -1.40. The fraction of sp³-hybridized carbons (Fsp3) is 0.667. The number of hydrogen-bond acceptors (Lipinski definition) is 6. The lowest BCUT2D eigenvalue weighted by Gasteiger charge is -2.26. The maximum atomic E-state index is 12.5. The zero-order valence-electron chi connectivity index (χ0n) is 14.1. The second-order valence-corrected chi connectivity index (χ2v) is 9.62. The number of aromatic nitrogens is 2. The normalized spacial score (nSPS) is 20.7. The van der Waals surface area contributed by atoms with E-state index < -0.39 is 15.1 Å². The van der Waals surface area contributed by atoms with Crippen molar-refractivity contribution in [2.45, 2.75) is 49.6 Å². The minimum Gasteiger partial charge on any atom is -0.341 e. The van der Waals surface area contributed by atoms with Crippen molar-refractivity contribution in [3.63, 3.8) is 0 Å². The predicted molar refractivity (Wildman–Crippen MR) is 94.0 cm³/mol. The fourth-order valence-electron chi connectivity index (χ4n) is 2.69. The molecule has 1 aliphatic rings. The Morgan fingerprint density at radius 2 is 2.25 bits per heavy atom. The molecule has 0 radical (unpaired) electrons. The third kappa shape index (κ3) is 4.83. The number of hydrogen-bond donors (Lipinski definition) is 1. The van der Waals surface area contributed by atoms with E-state index in [9.17, 15) is 18.0 Å². The van der Waals surface area contributed by atoms with Crippen LogP contribution in [0.25, 0.3) is 0 Å². The molecule has 1 N–H and O–H groups in total. The first kappa shape index (κ1) is 19.0. The van der Waals surface area contributed by atoms with E-state index in [1.807, 2.05) is 6.92 Å². The maximum Gasteiger partial charge on any atom is 0.251 e. The molecule has 1 saturated heterocycles. The van der Waals surface area contributed by atoms with Crippen molar-refractivity contribution in [3.05, 3.63) is 22.1 Å². The quantitative estimate of drug-likeness (QED) is 0.586. The first-order valence-corrected chi connectivity index (χ1v) is 10.7. The zero-order chi connectivity index (χ0) is 17.9. The first-order chi connectivity index (χ1) is 11.2. The van der Waals surface area contributed by atoms with Crippen molar-refractivity contribution in [3.8, 4) is 0 Å². The molecule has 9 heteroatoms. The summed E-state index contributed by atoms with van der Waals surface area (Å²) >= 11 is 1.19. The Bertz CT molecular complexity index is 760. The molecule has 1 fully saturated rings. The molecule has 0 aliphatic carbocycles. The van der Waals surface area contributed by atoms with E-state index in [1.165, 1.54) is 22.7 Å². The van der Waals surface area contributed by atoms with Crippen LogP contribution in [0.2, 0.25) is 0 Å². The zero-order valence-corrected chi connectivity index (χ0v) is 15.7. The van der Waals surface area contributed by atoms with Crippen LogP contribution in [0.4, 0.5) is 0 Å². The van der Waals surface area contributed by atoms with E-state index in [0.717, 1.165) is 6.42 Å². The Labute approximate surface area is 146 Å². The molecule has 2 heterocycles. The monoisotopic (exact) mass is 373 g/mol. The number of amides is 1. The van der Waals surface area contributed by atoms with E-state index >= 15 is 0 Å². The standard InChI is InChI=1S/C15H23N3O4S2/c1-4-5-11-8-13(19)17-15(16-11)23-10(2)14(20)18(3)12-6-7-24(21,22)9-12/h8,10,12H,4-7,9H2,1-3H3,(H,16,17,19). The van der Waals surface area contributed by atoms with E-state index in [2.05, 4.69) is 9.97 Å². The van der Waals surface area contributed by atoms with Crippen molar-refractivity contribution >= 4 is 27.5 Å². The number of aryl methyl sites for hydroxylation is 1. The van der Waals surface area contributed by atoms with Crippen LogP contribution in [0, 0.1) is 0 Å². The second-order valence-electron chi connectivity index (χ2n) is 6.06. The number of carbonyl (C=O) groups is 1. The number of sulfone groups is 1. The number of nitrogens with one attached hydrogen (secondary N) is 1. The van der Waals surface area contributed by atoms with Crippen molar-refractivity contribution in [1.82, 2.24) is 14.9 Å². The summed E-state index contributed by atoms with van der Waals surface area (Å²) < 4.78 is 23.1. The summed E-state index contributed by atoms with van der Waals surface area (Å²) in [4.78, 5) is 32.7. The molecule has 0 spiro atoms. The van der Waals surface area contributed by atoms with Crippen molar-refractivity contribution < 1.29 is 13.2 Å². The van der Waals surface area contributed by atoms with Crippen LogP contribution in [0.5, 0.6) is 0 Å². The van der Waals surface area contributed by atoms with Crippen molar-refractivity contribution in [2.75, 3.05) is 18.6 Å². The number of H-pyrrole nitrogens is 1. The van der Waals surface area contributed by atoms with Crippen LogP contribution in [0.1, 0.15) is 32.4 Å². The van der Waals surface area contributed by atoms with Crippen LogP contribution < -0.4 is 5.56 Å². The highest BCUT2D eigenvalue weighted by molar-refractivity contribution is 8.00. The van der Waals surface area contributed by atoms with Gasteiger partial charge in [0.25, 0.3) is 5.56 Å². The van der Waals surface area contributed by atoms with E-state index in [0.29, 0.717) is 23.7 Å². The van der Waals surface area contributed by atoms with Gasteiger partial charge in [-0.2, -0.15) is 0 Å². The minimum atomic E-state index is -3.04. The van der Waals surface area contributed by atoms with Gasteiger partial charge in [0.05, 0.1) is 16.8 Å². The van der Waals surface area contributed by atoms with Gasteiger partial charge in [0.15, 0.2) is 15.0 Å². The lowest BCUT2D eigenvalue weighted by Crippen LogP contribution is -2.41. The van der Waals surface area contributed by atoms with Gasteiger partial charge >= 0.3 is 0 Å². The largest absolute Gasteiger partial charge is 0.341 e. The molecule has 1 aliphatic heterocycles. The summed E-state index contributed by atoms with van der Waals surface area (Å²) in [5, 5.41) is -0.0439. The molecule has 24 heavy (non-hydrogen) atoms. The van der Waals surface area contributed by atoms with Gasteiger partial charge in [-0.1, -0.05) is 25.1 Å². The Morgan fingerprint density at radius 3 is 2.83 bits per heavy atom. The molecule has 0 saturated carbocycles. The average molecular weight is 374 g/mol. The molecule has 2 unspecified atom stereocenters. The van der Waals surface area contributed by atoms with Gasteiger partial charge in [0.2, 0.25) is 5.91 Å². The lowest BCUT2D eigenvalue weighted by molar-refractivity contribution is -0.130. The molecule has 7 nitrogen and oxygen atoms in total. The minimum absolute atomic E-state index is 0.0215. The number of rotatable bonds is 6. The summed E-state index contributed by atoms with van der Waals surface area (Å²) in [5.74, 6) is -0.0102.